The average Bonchev–Trinajstić information content (AvgIpc) is 3.02. The van der Waals surface area contributed by atoms with Gasteiger partial charge in [-0.1, -0.05) is 66.2 Å². The number of para-hydroxylation sites is 1. The number of likely N-dealkylation sites (N-methyl/N-ethyl adjacent to an activating group) is 1. The largest absolute Gasteiger partial charge is 0.465 e. The first kappa shape index (κ1) is 30.1. The summed E-state index contributed by atoms with van der Waals surface area (Å²) in [6, 6.07) is 29.5. The van der Waals surface area contributed by atoms with Gasteiger partial charge < -0.3 is 19.3 Å². The van der Waals surface area contributed by atoms with Crippen LogP contribution in [0.5, 0.6) is 11.5 Å². The van der Waals surface area contributed by atoms with Gasteiger partial charge in [-0.3, -0.25) is 9.69 Å². The molecule has 0 unspecified atom stereocenters. The van der Waals surface area contributed by atoms with Crippen molar-refractivity contribution in [3.63, 3.8) is 0 Å². The van der Waals surface area contributed by atoms with Crippen LogP contribution < -0.4 is 9.64 Å². The van der Waals surface area contributed by atoms with Crippen LogP contribution in [-0.4, -0.2) is 69.1 Å². The van der Waals surface area contributed by atoms with Gasteiger partial charge in [0.05, 0.1) is 13.5 Å². The summed E-state index contributed by atoms with van der Waals surface area (Å²) in [5.74, 6) is 0.414. The van der Waals surface area contributed by atoms with Crippen LogP contribution in [0.15, 0.2) is 91.0 Å². The Morgan fingerprint density at radius 2 is 1.49 bits per heavy atom. The summed E-state index contributed by atoms with van der Waals surface area (Å²) in [6.07, 6.45) is 0.194. The van der Waals surface area contributed by atoms with E-state index in [0.717, 1.165) is 54.6 Å². The van der Waals surface area contributed by atoms with E-state index in [0.29, 0.717) is 17.1 Å². The van der Waals surface area contributed by atoms with Crippen LogP contribution in [0.25, 0.3) is 11.1 Å². The van der Waals surface area contributed by atoms with E-state index >= 15 is 0 Å². The molecule has 1 fully saturated rings. The molecule has 7 nitrogen and oxygen atoms in total. The van der Waals surface area contributed by atoms with E-state index in [9.17, 15) is 9.59 Å². The molecule has 1 saturated heterocycles. The van der Waals surface area contributed by atoms with Crippen molar-refractivity contribution in [3.05, 3.63) is 113 Å². The van der Waals surface area contributed by atoms with Crippen LogP contribution >= 0.6 is 11.6 Å². The third kappa shape index (κ3) is 7.37. The lowest BCUT2D eigenvalue weighted by Gasteiger charge is -2.36. The molecule has 0 atom stereocenters. The second-order valence-electron chi connectivity index (χ2n) is 10.8. The smallest absolute Gasteiger partial charge is 0.341 e. The fraction of sp³-hybridized carbons (Fsp3) is 0.257. The maximum atomic E-state index is 12.6. The van der Waals surface area contributed by atoms with Gasteiger partial charge in [0.2, 0.25) is 5.91 Å². The summed E-state index contributed by atoms with van der Waals surface area (Å²) < 4.78 is 11.4. The zero-order valence-corrected chi connectivity index (χ0v) is 25.5. The number of carbonyl (C=O) groups is 2. The maximum Gasteiger partial charge on any atom is 0.341 e. The Balaban J connectivity index is 1.31. The van der Waals surface area contributed by atoms with Crippen molar-refractivity contribution >= 4 is 29.2 Å². The molecule has 1 aliphatic heterocycles. The monoisotopic (exact) mass is 597 g/mol. The van der Waals surface area contributed by atoms with Crippen LogP contribution in [0, 0.1) is 0 Å². The van der Waals surface area contributed by atoms with Gasteiger partial charge in [-0.2, -0.15) is 0 Å². The maximum absolute atomic E-state index is 12.6. The number of piperazine rings is 1. The summed E-state index contributed by atoms with van der Waals surface area (Å²) in [7, 11) is 4.81. The molecule has 0 aliphatic carbocycles. The lowest BCUT2D eigenvalue weighted by molar-refractivity contribution is -0.127. The zero-order valence-electron chi connectivity index (χ0n) is 24.8. The topological polar surface area (TPSA) is 62.3 Å². The SMILES string of the molecule is COC(=O)c1ccc(N2CCN(Cc3ccccc3-c3ccc(Cl)cc3)CC2)cc1Oc1ccccc1CC(=O)N(C)C. The van der Waals surface area contributed by atoms with Crippen LogP contribution in [0.3, 0.4) is 0 Å². The van der Waals surface area contributed by atoms with Gasteiger partial charge in [0.1, 0.15) is 17.1 Å². The Hall–Kier alpha value is -4.33. The minimum atomic E-state index is -0.479. The molecular weight excluding hydrogens is 562 g/mol. The van der Waals surface area contributed by atoms with Gasteiger partial charge in [0.15, 0.2) is 0 Å². The molecule has 222 valence electrons. The Kier molecular flexibility index (Phi) is 9.65. The minimum Gasteiger partial charge on any atom is -0.465 e. The highest BCUT2D eigenvalue weighted by Gasteiger charge is 2.22. The molecule has 1 heterocycles. The van der Waals surface area contributed by atoms with E-state index < -0.39 is 5.97 Å². The predicted molar refractivity (Wildman–Crippen MR) is 171 cm³/mol. The molecule has 0 spiro atoms. The molecule has 43 heavy (non-hydrogen) atoms. The lowest BCUT2D eigenvalue weighted by Crippen LogP contribution is -2.46. The first-order chi connectivity index (χ1) is 20.8. The van der Waals surface area contributed by atoms with Gasteiger partial charge in [-0.15, -0.1) is 0 Å². The third-order valence-corrected chi connectivity index (χ3v) is 7.96. The van der Waals surface area contributed by atoms with Crippen molar-refractivity contribution < 1.29 is 19.1 Å². The number of nitrogens with zero attached hydrogens (tertiary/aromatic N) is 3. The van der Waals surface area contributed by atoms with Crippen molar-refractivity contribution in [1.82, 2.24) is 9.80 Å². The highest BCUT2D eigenvalue weighted by atomic mass is 35.5. The van der Waals surface area contributed by atoms with Gasteiger partial charge in [-0.05, 0) is 47.0 Å². The zero-order chi connectivity index (χ0) is 30.3. The van der Waals surface area contributed by atoms with E-state index in [4.69, 9.17) is 21.1 Å². The molecule has 4 aromatic rings. The second-order valence-corrected chi connectivity index (χ2v) is 11.2. The predicted octanol–water partition coefficient (Wildman–Crippen LogP) is 6.54. The molecule has 0 aromatic heterocycles. The number of ether oxygens (including phenoxy) is 2. The Bertz CT molecular complexity index is 1580. The number of rotatable bonds is 9. The first-order valence-electron chi connectivity index (χ1n) is 14.3. The van der Waals surface area contributed by atoms with E-state index in [-0.39, 0.29) is 12.3 Å². The summed E-state index contributed by atoms with van der Waals surface area (Å²) in [5, 5.41) is 0.731. The Morgan fingerprint density at radius 1 is 0.814 bits per heavy atom. The highest BCUT2D eigenvalue weighted by molar-refractivity contribution is 6.30. The molecule has 5 rings (SSSR count). The van der Waals surface area contributed by atoms with Crippen LogP contribution in [0.1, 0.15) is 21.5 Å². The van der Waals surface area contributed by atoms with Crippen molar-refractivity contribution in [2.45, 2.75) is 13.0 Å². The van der Waals surface area contributed by atoms with E-state index in [2.05, 4.69) is 46.2 Å². The van der Waals surface area contributed by atoms with Crippen molar-refractivity contribution in [2.24, 2.45) is 0 Å². The lowest BCUT2D eigenvalue weighted by atomic mass is 9.99. The highest BCUT2D eigenvalue weighted by Crippen LogP contribution is 2.33. The molecule has 0 bridgehead atoms. The summed E-state index contributed by atoms with van der Waals surface area (Å²) in [4.78, 5) is 31.4. The quantitative estimate of drug-likeness (QED) is 0.204. The van der Waals surface area contributed by atoms with Crippen molar-refractivity contribution in [3.8, 4) is 22.6 Å². The first-order valence-corrected chi connectivity index (χ1v) is 14.7. The number of amides is 1. The number of carbonyl (C=O) groups excluding carboxylic acids is 2. The van der Waals surface area contributed by atoms with Gasteiger partial charge in [0.25, 0.3) is 0 Å². The molecule has 8 heteroatoms. The fourth-order valence-electron chi connectivity index (χ4n) is 5.23. The number of hydrogen-bond donors (Lipinski definition) is 0. The Morgan fingerprint density at radius 3 is 2.19 bits per heavy atom. The molecule has 1 amide bonds. The fourth-order valence-corrected chi connectivity index (χ4v) is 5.36. The van der Waals surface area contributed by atoms with Gasteiger partial charge in [-0.25, -0.2) is 4.79 Å². The molecule has 0 saturated carbocycles. The molecule has 4 aromatic carbocycles. The third-order valence-electron chi connectivity index (χ3n) is 7.71. The van der Waals surface area contributed by atoms with Crippen molar-refractivity contribution in [1.29, 1.82) is 0 Å². The van der Waals surface area contributed by atoms with Gasteiger partial charge >= 0.3 is 5.97 Å². The number of hydrogen-bond acceptors (Lipinski definition) is 6. The van der Waals surface area contributed by atoms with E-state index in [1.807, 2.05) is 48.5 Å². The number of methoxy groups -OCH3 is 1. The van der Waals surface area contributed by atoms with Crippen LogP contribution in [-0.2, 0) is 22.5 Å². The van der Waals surface area contributed by atoms with Gasteiger partial charge in [0, 0.05) is 69.2 Å². The molecule has 0 N–H and O–H groups in total. The number of halogens is 1. The summed E-state index contributed by atoms with van der Waals surface area (Å²) in [5.41, 5.74) is 5.69. The Labute approximate surface area is 258 Å². The normalized spacial score (nSPS) is 13.4. The van der Waals surface area contributed by atoms with Crippen LogP contribution in [0.2, 0.25) is 5.02 Å². The average molecular weight is 598 g/mol. The van der Waals surface area contributed by atoms with E-state index in [1.165, 1.54) is 18.2 Å². The summed E-state index contributed by atoms with van der Waals surface area (Å²) >= 11 is 6.12. The second kappa shape index (κ2) is 13.8. The standard InChI is InChI=1S/C35H36ClN3O4/c1-37(2)34(40)22-26-8-5-7-11-32(26)43-33-23-29(16-17-31(33)35(41)42-3)39-20-18-38(19-21-39)24-27-9-4-6-10-30(27)25-12-14-28(36)15-13-25/h4-17,23H,18-22,24H2,1-3H3. The number of benzene rings is 4. The van der Waals surface area contributed by atoms with Crippen molar-refractivity contribution in [2.75, 3.05) is 52.3 Å². The number of anilines is 1. The molecule has 0 radical (unpaired) electrons. The molecule has 1 aliphatic rings. The summed E-state index contributed by atoms with van der Waals surface area (Å²) in [6.45, 7) is 4.28. The van der Waals surface area contributed by atoms with Crippen LogP contribution in [0.4, 0.5) is 5.69 Å². The molecular formula is C35H36ClN3O4. The minimum absolute atomic E-state index is 0.0355. The number of esters is 1. The van der Waals surface area contributed by atoms with E-state index in [1.54, 1.807) is 25.1 Å².